The summed E-state index contributed by atoms with van der Waals surface area (Å²) in [6, 6.07) is 10.2. The molecule has 0 atom stereocenters. The monoisotopic (exact) mass is 445 g/mol. The summed E-state index contributed by atoms with van der Waals surface area (Å²) in [5.41, 5.74) is 2.91. The molecule has 0 bridgehead atoms. The first kappa shape index (κ1) is 22.6. The van der Waals surface area contributed by atoms with Crippen LogP contribution in [0.5, 0.6) is 0 Å². The molecule has 1 saturated heterocycles. The Labute approximate surface area is 185 Å². The Hall–Kier alpha value is -3.13. The first-order chi connectivity index (χ1) is 14.8. The summed E-state index contributed by atoms with van der Waals surface area (Å²) in [4.78, 5) is 37.3. The minimum absolute atomic E-state index is 0.0465. The Bertz CT molecular complexity index is 979. The van der Waals surface area contributed by atoms with Crippen LogP contribution in [0.4, 0.5) is 17.1 Å². The van der Waals surface area contributed by atoms with Gasteiger partial charge in [0.2, 0.25) is 0 Å². The van der Waals surface area contributed by atoms with Gasteiger partial charge in [-0.15, -0.1) is 0 Å². The van der Waals surface area contributed by atoms with Gasteiger partial charge >= 0.3 is 5.97 Å². The molecular weight excluding hydrogens is 422 g/mol. The van der Waals surface area contributed by atoms with Crippen LogP contribution < -0.4 is 10.2 Å². The van der Waals surface area contributed by atoms with E-state index in [0.717, 1.165) is 11.1 Å². The Morgan fingerprint density at radius 2 is 1.90 bits per heavy atom. The zero-order valence-corrected chi connectivity index (χ0v) is 18.1. The highest BCUT2D eigenvalue weighted by Crippen LogP contribution is 2.31. The fraction of sp³-hybridized carbons (Fsp3) is 0.364. The van der Waals surface area contributed by atoms with Crippen LogP contribution in [0.3, 0.4) is 0 Å². The van der Waals surface area contributed by atoms with Gasteiger partial charge in [-0.05, 0) is 49.9 Å². The fourth-order valence-electron chi connectivity index (χ4n) is 3.75. The summed E-state index contributed by atoms with van der Waals surface area (Å²) in [5.74, 6) is -1.25. The van der Waals surface area contributed by atoms with E-state index in [1.54, 1.807) is 24.3 Å². The summed E-state index contributed by atoms with van der Waals surface area (Å²) in [5, 5.41) is 14.4. The highest BCUT2D eigenvalue weighted by atomic mass is 35.5. The fourth-order valence-corrected chi connectivity index (χ4v) is 4.11. The average molecular weight is 446 g/mol. The molecule has 3 rings (SSSR count). The van der Waals surface area contributed by atoms with E-state index in [0.29, 0.717) is 42.3 Å². The summed E-state index contributed by atoms with van der Waals surface area (Å²) in [6.07, 6.45) is 0.991. The van der Waals surface area contributed by atoms with E-state index in [9.17, 15) is 19.7 Å². The number of esters is 1. The second-order valence-corrected chi connectivity index (χ2v) is 8.01. The molecule has 0 radical (unpaired) electrons. The van der Waals surface area contributed by atoms with E-state index >= 15 is 0 Å². The number of rotatable bonds is 6. The first-order valence-corrected chi connectivity index (χ1v) is 10.4. The second-order valence-electron chi connectivity index (χ2n) is 7.60. The van der Waals surface area contributed by atoms with Gasteiger partial charge in [0.1, 0.15) is 5.69 Å². The lowest BCUT2D eigenvalue weighted by atomic mass is 9.96. The standard InChI is InChI=1S/C22H24ClN3O5/c1-14-11-15(2)21(17(23)12-14)24-20(27)13-31-22(28)16-7-9-25(10-8-16)18-5-3-4-6-19(18)26(29)30/h3-6,11-12,16H,7-10,13H2,1-2H3,(H,24,27). The maximum absolute atomic E-state index is 12.4. The molecule has 1 amide bonds. The van der Waals surface area contributed by atoms with Crippen molar-refractivity contribution in [2.75, 3.05) is 29.9 Å². The van der Waals surface area contributed by atoms with Crippen molar-refractivity contribution in [1.29, 1.82) is 0 Å². The molecule has 1 fully saturated rings. The number of ether oxygens (including phenoxy) is 1. The number of piperidine rings is 1. The van der Waals surface area contributed by atoms with Crippen LogP contribution in [0.25, 0.3) is 0 Å². The molecule has 1 N–H and O–H groups in total. The van der Waals surface area contributed by atoms with Crippen molar-refractivity contribution < 1.29 is 19.2 Å². The highest BCUT2D eigenvalue weighted by Gasteiger charge is 2.29. The normalized spacial score (nSPS) is 14.2. The molecule has 164 valence electrons. The summed E-state index contributed by atoms with van der Waals surface area (Å²) >= 11 is 6.19. The summed E-state index contributed by atoms with van der Waals surface area (Å²) in [6.45, 7) is 4.34. The van der Waals surface area contributed by atoms with Crippen LogP contribution in [0.15, 0.2) is 36.4 Å². The smallest absolute Gasteiger partial charge is 0.309 e. The van der Waals surface area contributed by atoms with Gasteiger partial charge in [0.05, 0.1) is 21.6 Å². The van der Waals surface area contributed by atoms with Gasteiger partial charge in [0, 0.05) is 19.2 Å². The van der Waals surface area contributed by atoms with Gasteiger partial charge in [-0.25, -0.2) is 0 Å². The maximum atomic E-state index is 12.4. The van der Waals surface area contributed by atoms with Crippen molar-refractivity contribution in [3.05, 3.63) is 62.7 Å². The van der Waals surface area contributed by atoms with Gasteiger partial charge in [-0.3, -0.25) is 19.7 Å². The quantitative estimate of drug-likeness (QED) is 0.405. The third-order valence-corrected chi connectivity index (χ3v) is 5.59. The molecule has 1 aliphatic rings. The van der Waals surface area contributed by atoms with E-state index < -0.39 is 23.4 Å². The van der Waals surface area contributed by atoms with Crippen molar-refractivity contribution in [2.24, 2.45) is 5.92 Å². The lowest BCUT2D eigenvalue weighted by molar-refractivity contribution is -0.384. The molecule has 0 aromatic heterocycles. The van der Waals surface area contributed by atoms with Gasteiger partial charge in [-0.2, -0.15) is 0 Å². The SMILES string of the molecule is Cc1cc(C)c(NC(=O)COC(=O)C2CCN(c3ccccc3[N+](=O)[O-])CC2)c(Cl)c1. The molecular formula is C22H24ClN3O5. The number of benzene rings is 2. The number of nitro benzene ring substituents is 1. The molecule has 2 aromatic carbocycles. The van der Waals surface area contributed by atoms with E-state index in [4.69, 9.17) is 16.3 Å². The number of carbonyl (C=O) groups excluding carboxylic acids is 2. The lowest BCUT2D eigenvalue weighted by Crippen LogP contribution is -2.37. The molecule has 0 aliphatic carbocycles. The number of aryl methyl sites for hydroxylation is 2. The van der Waals surface area contributed by atoms with Crippen molar-refractivity contribution in [1.82, 2.24) is 0 Å². The Kier molecular flexibility index (Phi) is 7.12. The molecule has 2 aromatic rings. The summed E-state index contributed by atoms with van der Waals surface area (Å²) < 4.78 is 5.20. The third-order valence-electron chi connectivity index (χ3n) is 5.29. The number of para-hydroxylation sites is 2. The molecule has 0 spiro atoms. The van der Waals surface area contributed by atoms with E-state index in [1.165, 1.54) is 6.07 Å². The van der Waals surface area contributed by atoms with Crippen LogP contribution >= 0.6 is 11.6 Å². The van der Waals surface area contributed by atoms with Crippen LogP contribution in [-0.4, -0.2) is 36.5 Å². The molecule has 9 heteroatoms. The predicted octanol–water partition coefficient (Wildman–Crippen LogP) is 4.26. The van der Waals surface area contributed by atoms with Gasteiger partial charge in [0.25, 0.3) is 11.6 Å². The van der Waals surface area contributed by atoms with Crippen molar-refractivity contribution in [3.8, 4) is 0 Å². The van der Waals surface area contributed by atoms with Crippen LogP contribution in [0, 0.1) is 29.9 Å². The van der Waals surface area contributed by atoms with Crippen LogP contribution in [0.2, 0.25) is 5.02 Å². The van der Waals surface area contributed by atoms with E-state index in [2.05, 4.69) is 5.32 Å². The van der Waals surface area contributed by atoms with Crippen molar-refractivity contribution in [2.45, 2.75) is 26.7 Å². The van der Waals surface area contributed by atoms with Gasteiger partial charge < -0.3 is 15.0 Å². The number of carbonyl (C=O) groups is 2. The van der Waals surface area contributed by atoms with Crippen molar-refractivity contribution >= 4 is 40.5 Å². The molecule has 1 aliphatic heterocycles. The number of nitro groups is 1. The zero-order valence-electron chi connectivity index (χ0n) is 17.4. The topological polar surface area (TPSA) is 102 Å². The minimum Gasteiger partial charge on any atom is -0.455 e. The minimum atomic E-state index is -0.459. The van der Waals surface area contributed by atoms with E-state index in [1.807, 2.05) is 24.8 Å². The lowest BCUT2D eigenvalue weighted by Gasteiger charge is -2.32. The molecule has 0 unspecified atom stereocenters. The second kappa shape index (κ2) is 9.78. The summed E-state index contributed by atoms with van der Waals surface area (Å²) in [7, 11) is 0. The predicted molar refractivity (Wildman–Crippen MR) is 119 cm³/mol. The largest absolute Gasteiger partial charge is 0.455 e. The number of amides is 1. The van der Waals surface area contributed by atoms with Gasteiger partial charge in [-0.1, -0.05) is 29.8 Å². The number of halogens is 1. The zero-order chi connectivity index (χ0) is 22.5. The van der Waals surface area contributed by atoms with Gasteiger partial charge in [0.15, 0.2) is 6.61 Å². The first-order valence-electron chi connectivity index (χ1n) is 9.98. The molecule has 1 heterocycles. The number of nitrogens with zero attached hydrogens (tertiary/aromatic N) is 2. The molecule has 0 saturated carbocycles. The third kappa shape index (κ3) is 5.52. The Morgan fingerprint density at radius 3 is 2.55 bits per heavy atom. The number of hydrogen-bond donors (Lipinski definition) is 1. The molecule has 31 heavy (non-hydrogen) atoms. The average Bonchev–Trinajstić information content (AvgIpc) is 2.74. The van der Waals surface area contributed by atoms with Crippen molar-refractivity contribution in [3.63, 3.8) is 0 Å². The van der Waals surface area contributed by atoms with Crippen LogP contribution in [0.1, 0.15) is 24.0 Å². The Morgan fingerprint density at radius 1 is 1.23 bits per heavy atom. The van der Waals surface area contributed by atoms with Crippen LogP contribution in [-0.2, 0) is 14.3 Å². The maximum Gasteiger partial charge on any atom is 0.309 e. The Balaban J connectivity index is 1.51. The molecule has 8 nitrogen and oxygen atoms in total. The number of anilines is 2. The number of hydrogen-bond acceptors (Lipinski definition) is 6. The van der Waals surface area contributed by atoms with E-state index in [-0.39, 0.29) is 11.6 Å². The highest BCUT2D eigenvalue weighted by molar-refractivity contribution is 6.34. The number of nitrogens with one attached hydrogen (secondary N) is 1.